The van der Waals surface area contributed by atoms with Gasteiger partial charge >= 0.3 is 6.18 Å². The number of carbonyl (C=O) groups is 2. The first kappa shape index (κ1) is 15.7. The van der Waals surface area contributed by atoms with Crippen LogP contribution in [0.5, 0.6) is 0 Å². The number of amides is 2. The summed E-state index contributed by atoms with van der Waals surface area (Å²) in [4.78, 5) is 25.4. The number of carbonyl (C=O) groups excluding carboxylic acids is 2. The molecule has 0 saturated carbocycles. The van der Waals surface area contributed by atoms with Gasteiger partial charge in [-0.3, -0.25) is 9.59 Å². The molecule has 0 aromatic heterocycles. The molecular weight excluding hydrogens is 305 g/mol. The first-order chi connectivity index (χ1) is 9.68. The molecule has 1 aliphatic rings. The lowest BCUT2D eigenvalue weighted by atomic mass is 10.1. The SMILES string of the molecule is CN(C)C(=O)C[C@@H]1Sc2ccc(C(F)(F)F)cc2NC1=O. The normalized spacial score (nSPS) is 18.0. The average molecular weight is 318 g/mol. The fourth-order valence-corrected chi connectivity index (χ4v) is 2.88. The van der Waals surface area contributed by atoms with E-state index in [0.29, 0.717) is 4.90 Å². The van der Waals surface area contributed by atoms with E-state index < -0.39 is 22.9 Å². The maximum Gasteiger partial charge on any atom is 0.416 e. The van der Waals surface area contributed by atoms with Crippen LogP contribution in [0, 0.1) is 0 Å². The number of hydrogen-bond donors (Lipinski definition) is 1. The zero-order valence-corrected chi connectivity index (χ0v) is 12.1. The fraction of sp³-hybridized carbons (Fsp3) is 0.385. The van der Waals surface area contributed by atoms with Crippen LogP contribution in [0.25, 0.3) is 0 Å². The molecule has 114 valence electrons. The zero-order valence-electron chi connectivity index (χ0n) is 11.3. The van der Waals surface area contributed by atoms with Crippen LogP contribution in [0.4, 0.5) is 18.9 Å². The van der Waals surface area contributed by atoms with Gasteiger partial charge in [0.25, 0.3) is 0 Å². The van der Waals surface area contributed by atoms with Crippen LogP contribution < -0.4 is 5.32 Å². The van der Waals surface area contributed by atoms with E-state index in [0.717, 1.165) is 23.9 Å². The molecule has 1 aromatic carbocycles. The number of nitrogens with zero attached hydrogens (tertiary/aromatic N) is 1. The first-order valence-electron chi connectivity index (χ1n) is 6.07. The van der Waals surface area contributed by atoms with Gasteiger partial charge in [0.15, 0.2) is 0 Å². The van der Waals surface area contributed by atoms with Crippen LogP contribution in [0.3, 0.4) is 0 Å². The first-order valence-corrected chi connectivity index (χ1v) is 6.95. The lowest BCUT2D eigenvalue weighted by Gasteiger charge is -2.25. The van der Waals surface area contributed by atoms with E-state index in [1.54, 1.807) is 14.1 Å². The van der Waals surface area contributed by atoms with Gasteiger partial charge in [-0.05, 0) is 18.2 Å². The summed E-state index contributed by atoms with van der Waals surface area (Å²) in [6.45, 7) is 0. The van der Waals surface area contributed by atoms with E-state index in [2.05, 4.69) is 5.32 Å². The smallest absolute Gasteiger partial charge is 0.349 e. The van der Waals surface area contributed by atoms with E-state index >= 15 is 0 Å². The number of fused-ring (bicyclic) bond motifs is 1. The van der Waals surface area contributed by atoms with Crippen LogP contribution in [-0.4, -0.2) is 36.1 Å². The van der Waals surface area contributed by atoms with Gasteiger partial charge in [-0.15, -0.1) is 11.8 Å². The number of anilines is 1. The number of thioether (sulfide) groups is 1. The number of halogens is 3. The van der Waals surface area contributed by atoms with Crippen molar-refractivity contribution in [2.45, 2.75) is 22.7 Å². The van der Waals surface area contributed by atoms with E-state index in [1.165, 1.54) is 11.0 Å². The summed E-state index contributed by atoms with van der Waals surface area (Å²) >= 11 is 1.10. The molecule has 1 atom stereocenters. The molecule has 1 heterocycles. The highest BCUT2D eigenvalue weighted by Gasteiger charge is 2.34. The Morgan fingerprint density at radius 1 is 1.38 bits per heavy atom. The standard InChI is InChI=1S/C13H13F3N2O2S/c1-18(2)11(19)6-10-12(20)17-8-5-7(13(14,15)16)3-4-9(8)21-10/h3-5,10H,6H2,1-2H3,(H,17,20)/t10-/m0/s1. The molecule has 1 aliphatic heterocycles. The lowest BCUT2D eigenvalue weighted by molar-refractivity contribution is -0.137. The van der Waals surface area contributed by atoms with Crippen molar-refractivity contribution in [2.24, 2.45) is 0 Å². The predicted molar refractivity (Wildman–Crippen MR) is 73.0 cm³/mol. The van der Waals surface area contributed by atoms with Crippen molar-refractivity contribution in [3.8, 4) is 0 Å². The second-order valence-corrected chi connectivity index (χ2v) is 6.04. The summed E-state index contributed by atoms with van der Waals surface area (Å²) in [6, 6.07) is 3.19. The summed E-state index contributed by atoms with van der Waals surface area (Å²) in [5, 5.41) is 1.80. The van der Waals surface area contributed by atoms with Crippen molar-refractivity contribution in [1.29, 1.82) is 0 Å². The Kier molecular flexibility index (Phi) is 4.18. The third kappa shape index (κ3) is 3.49. The number of nitrogens with one attached hydrogen (secondary N) is 1. The number of benzene rings is 1. The number of hydrogen-bond acceptors (Lipinski definition) is 3. The highest BCUT2D eigenvalue weighted by molar-refractivity contribution is 8.01. The maximum absolute atomic E-state index is 12.6. The van der Waals surface area contributed by atoms with Crippen molar-refractivity contribution in [3.63, 3.8) is 0 Å². The van der Waals surface area contributed by atoms with Crippen molar-refractivity contribution in [1.82, 2.24) is 4.90 Å². The predicted octanol–water partition coefficient (Wildman–Crippen LogP) is 2.60. The minimum absolute atomic E-state index is 0.00393. The molecule has 21 heavy (non-hydrogen) atoms. The van der Waals surface area contributed by atoms with E-state index in [1.807, 2.05) is 0 Å². The summed E-state index contributed by atoms with van der Waals surface area (Å²) in [5.74, 6) is -0.667. The Morgan fingerprint density at radius 3 is 2.62 bits per heavy atom. The number of rotatable bonds is 2. The molecule has 1 N–H and O–H groups in total. The highest BCUT2D eigenvalue weighted by Crippen LogP contribution is 2.40. The van der Waals surface area contributed by atoms with Gasteiger partial charge in [-0.25, -0.2) is 0 Å². The van der Waals surface area contributed by atoms with Crippen molar-refractivity contribution < 1.29 is 22.8 Å². The van der Waals surface area contributed by atoms with Gasteiger partial charge in [-0.2, -0.15) is 13.2 Å². The molecule has 0 aliphatic carbocycles. The van der Waals surface area contributed by atoms with Crippen molar-refractivity contribution in [2.75, 3.05) is 19.4 Å². The molecular formula is C13H13F3N2O2S. The third-order valence-corrected chi connectivity index (χ3v) is 4.26. The third-order valence-electron chi connectivity index (χ3n) is 2.99. The van der Waals surface area contributed by atoms with Gasteiger partial charge < -0.3 is 10.2 Å². The minimum atomic E-state index is -4.46. The van der Waals surface area contributed by atoms with Crippen LogP contribution in [0.2, 0.25) is 0 Å². The summed E-state index contributed by atoms with van der Waals surface area (Å²) < 4.78 is 37.9. The van der Waals surface area contributed by atoms with Crippen molar-refractivity contribution >= 4 is 29.3 Å². The fourth-order valence-electron chi connectivity index (χ4n) is 1.80. The Morgan fingerprint density at radius 2 is 2.05 bits per heavy atom. The second kappa shape index (κ2) is 5.59. The monoisotopic (exact) mass is 318 g/mol. The van der Waals surface area contributed by atoms with Gasteiger partial charge in [0.1, 0.15) is 0 Å². The van der Waals surface area contributed by atoms with Gasteiger partial charge in [-0.1, -0.05) is 0 Å². The Balaban J connectivity index is 2.21. The number of alkyl halides is 3. The topological polar surface area (TPSA) is 49.4 Å². The highest BCUT2D eigenvalue weighted by atomic mass is 32.2. The molecule has 8 heteroatoms. The van der Waals surface area contributed by atoms with Gasteiger partial charge in [0, 0.05) is 25.4 Å². The van der Waals surface area contributed by atoms with Gasteiger partial charge in [0.05, 0.1) is 16.5 Å². The molecule has 0 saturated heterocycles. The molecule has 2 rings (SSSR count). The molecule has 0 fully saturated rings. The minimum Gasteiger partial charge on any atom is -0.349 e. The Labute approximate surface area is 123 Å². The van der Waals surface area contributed by atoms with E-state index in [-0.39, 0.29) is 18.0 Å². The van der Waals surface area contributed by atoms with Gasteiger partial charge in [0.2, 0.25) is 11.8 Å². The molecule has 1 aromatic rings. The Hall–Kier alpha value is -1.70. The van der Waals surface area contributed by atoms with Crippen LogP contribution in [0.15, 0.2) is 23.1 Å². The van der Waals surface area contributed by atoms with Crippen LogP contribution >= 0.6 is 11.8 Å². The Bertz CT molecular complexity index is 587. The molecule has 0 spiro atoms. The van der Waals surface area contributed by atoms with Crippen LogP contribution in [-0.2, 0) is 15.8 Å². The largest absolute Gasteiger partial charge is 0.416 e. The molecule has 4 nitrogen and oxygen atoms in total. The summed E-state index contributed by atoms with van der Waals surface area (Å²) in [6.07, 6.45) is -4.45. The summed E-state index contributed by atoms with van der Waals surface area (Å²) in [5.41, 5.74) is -0.682. The average Bonchev–Trinajstić information content (AvgIpc) is 2.37. The molecule has 2 amide bonds. The van der Waals surface area contributed by atoms with Crippen LogP contribution in [0.1, 0.15) is 12.0 Å². The van der Waals surface area contributed by atoms with E-state index in [9.17, 15) is 22.8 Å². The second-order valence-electron chi connectivity index (χ2n) is 4.80. The molecule has 0 unspecified atom stereocenters. The molecule has 0 bridgehead atoms. The maximum atomic E-state index is 12.6. The van der Waals surface area contributed by atoms with E-state index in [4.69, 9.17) is 0 Å². The van der Waals surface area contributed by atoms with Crippen molar-refractivity contribution in [3.05, 3.63) is 23.8 Å². The quantitative estimate of drug-likeness (QED) is 0.912. The lowest BCUT2D eigenvalue weighted by Crippen LogP contribution is -2.34. The summed E-state index contributed by atoms with van der Waals surface area (Å²) in [7, 11) is 3.16. The molecule has 0 radical (unpaired) electrons. The zero-order chi connectivity index (χ0) is 15.8.